The minimum atomic E-state index is -4.48. The van der Waals surface area contributed by atoms with Crippen LogP contribution in [0.3, 0.4) is 0 Å². The van der Waals surface area contributed by atoms with Crippen LogP contribution in [-0.2, 0) is 6.18 Å². The lowest BCUT2D eigenvalue weighted by Gasteiger charge is -2.10. The van der Waals surface area contributed by atoms with Gasteiger partial charge in [0, 0.05) is 5.56 Å². The first-order valence-corrected chi connectivity index (χ1v) is 5.16. The fourth-order valence-corrected chi connectivity index (χ4v) is 1.58. The molecule has 2 aromatic rings. The van der Waals surface area contributed by atoms with E-state index < -0.39 is 17.6 Å². The summed E-state index contributed by atoms with van der Waals surface area (Å²) in [4.78, 5) is 0. The molecule has 0 spiro atoms. The Bertz CT molecular complexity index is 599. The van der Waals surface area contributed by atoms with Gasteiger partial charge in [-0.2, -0.15) is 18.3 Å². The van der Waals surface area contributed by atoms with E-state index in [1.165, 1.54) is 19.2 Å². The number of rotatable bonds is 2. The topological polar surface area (TPSA) is 35.0 Å². The predicted octanol–water partition coefficient (Wildman–Crippen LogP) is 3.31. The van der Waals surface area contributed by atoms with Gasteiger partial charge in [-0.05, 0) is 12.1 Å². The number of aromatic nitrogens is 2. The van der Waals surface area contributed by atoms with E-state index in [2.05, 4.69) is 10.2 Å². The molecule has 0 bridgehead atoms. The van der Waals surface area contributed by atoms with Gasteiger partial charge in [-0.3, -0.25) is 0 Å². The first kappa shape index (κ1) is 13.3. The van der Waals surface area contributed by atoms with Gasteiger partial charge >= 0.3 is 6.18 Å². The Balaban J connectivity index is 2.57. The number of ether oxygens (including phenoxy) is 1. The molecule has 0 aliphatic rings. The number of alkyl halides is 3. The Morgan fingerprint density at radius 2 is 1.95 bits per heavy atom. The molecule has 2 rings (SSSR count). The van der Waals surface area contributed by atoms with Crippen molar-refractivity contribution in [3.8, 4) is 17.0 Å². The van der Waals surface area contributed by atoms with E-state index in [0.29, 0.717) is 0 Å². The van der Waals surface area contributed by atoms with Crippen LogP contribution in [0.5, 0.6) is 5.75 Å². The van der Waals surface area contributed by atoms with E-state index in [0.717, 1.165) is 18.3 Å². The molecule has 3 nitrogen and oxygen atoms in total. The van der Waals surface area contributed by atoms with Crippen LogP contribution < -0.4 is 4.74 Å². The smallest absolute Gasteiger partial charge is 0.416 e. The van der Waals surface area contributed by atoms with Crippen LogP contribution in [0.25, 0.3) is 11.3 Å². The fourth-order valence-electron chi connectivity index (χ4n) is 1.58. The molecule has 1 aromatic heterocycles. The van der Waals surface area contributed by atoms with Gasteiger partial charge in [-0.25, -0.2) is 4.39 Å². The minimum absolute atomic E-state index is 0.0754. The number of halogens is 4. The average Bonchev–Trinajstić information content (AvgIpc) is 2.37. The number of hydrogen-bond donors (Lipinski definition) is 0. The normalized spacial score (nSPS) is 11.4. The summed E-state index contributed by atoms with van der Waals surface area (Å²) in [6.07, 6.45) is -3.65. The maximum absolute atomic E-state index is 13.4. The minimum Gasteiger partial charge on any atom is -0.491 e. The fraction of sp³-hybridized carbons (Fsp3) is 0.167. The molecule has 0 aliphatic carbocycles. The molecule has 100 valence electrons. The summed E-state index contributed by atoms with van der Waals surface area (Å²) in [6, 6.07) is 4.38. The summed E-state index contributed by atoms with van der Waals surface area (Å²) in [5.74, 6) is -1.03. The van der Waals surface area contributed by atoms with E-state index in [1.807, 2.05) is 0 Å². The van der Waals surface area contributed by atoms with Crippen molar-refractivity contribution in [3.05, 3.63) is 41.8 Å². The molecule has 0 N–H and O–H groups in total. The van der Waals surface area contributed by atoms with Crippen molar-refractivity contribution < 1.29 is 22.3 Å². The highest BCUT2D eigenvalue weighted by molar-refractivity contribution is 5.66. The van der Waals surface area contributed by atoms with Gasteiger partial charge in [-0.15, -0.1) is 5.10 Å². The lowest BCUT2D eigenvalue weighted by atomic mass is 10.1. The van der Waals surface area contributed by atoms with E-state index in [9.17, 15) is 17.6 Å². The molecule has 19 heavy (non-hydrogen) atoms. The van der Waals surface area contributed by atoms with Crippen LogP contribution in [0.4, 0.5) is 17.6 Å². The van der Waals surface area contributed by atoms with E-state index in [1.54, 1.807) is 0 Å². The van der Waals surface area contributed by atoms with Gasteiger partial charge in [-0.1, -0.05) is 12.1 Å². The van der Waals surface area contributed by atoms with Gasteiger partial charge < -0.3 is 4.74 Å². The molecular formula is C12H8F4N2O. The maximum Gasteiger partial charge on any atom is 0.416 e. The van der Waals surface area contributed by atoms with Crippen molar-refractivity contribution in [2.24, 2.45) is 0 Å². The SMILES string of the molecule is COc1c(F)cnnc1-c1cccc(C(F)(F)F)c1. The van der Waals surface area contributed by atoms with Crippen molar-refractivity contribution >= 4 is 0 Å². The molecular weight excluding hydrogens is 264 g/mol. The van der Waals surface area contributed by atoms with Gasteiger partial charge in [0.25, 0.3) is 0 Å². The van der Waals surface area contributed by atoms with Crippen LogP contribution in [0.15, 0.2) is 30.5 Å². The third kappa shape index (κ3) is 2.64. The first-order valence-electron chi connectivity index (χ1n) is 5.16. The van der Waals surface area contributed by atoms with Crippen molar-refractivity contribution in [3.63, 3.8) is 0 Å². The largest absolute Gasteiger partial charge is 0.491 e. The highest BCUT2D eigenvalue weighted by Crippen LogP contribution is 2.34. The van der Waals surface area contributed by atoms with Gasteiger partial charge in [0.15, 0.2) is 11.6 Å². The molecule has 7 heteroatoms. The Kier molecular flexibility index (Phi) is 3.37. The summed E-state index contributed by atoms with van der Waals surface area (Å²) in [6.45, 7) is 0. The zero-order valence-electron chi connectivity index (χ0n) is 9.70. The van der Waals surface area contributed by atoms with Crippen LogP contribution in [0, 0.1) is 5.82 Å². The summed E-state index contributed by atoms with van der Waals surface area (Å²) in [7, 11) is 1.21. The highest BCUT2D eigenvalue weighted by Gasteiger charge is 2.30. The number of hydrogen-bond acceptors (Lipinski definition) is 3. The second kappa shape index (κ2) is 4.83. The average molecular weight is 272 g/mol. The second-order valence-electron chi connectivity index (χ2n) is 3.65. The van der Waals surface area contributed by atoms with Crippen LogP contribution in [0.1, 0.15) is 5.56 Å². The molecule has 0 amide bonds. The summed E-state index contributed by atoms with van der Waals surface area (Å²) in [5.41, 5.74) is -0.842. The van der Waals surface area contributed by atoms with Crippen LogP contribution >= 0.6 is 0 Å². The van der Waals surface area contributed by atoms with Crippen molar-refractivity contribution in [1.29, 1.82) is 0 Å². The van der Waals surface area contributed by atoms with Crippen molar-refractivity contribution in [1.82, 2.24) is 10.2 Å². The van der Waals surface area contributed by atoms with E-state index >= 15 is 0 Å². The molecule has 1 heterocycles. The summed E-state index contributed by atoms with van der Waals surface area (Å²) < 4.78 is 56.0. The quantitative estimate of drug-likeness (QED) is 0.787. The molecule has 0 saturated heterocycles. The molecule has 0 unspecified atom stereocenters. The Morgan fingerprint density at radius 1 is 1.21 bits per heavy atom. The number of methoxy groups -OCH3 is 1. The van der Waals surface area contributed by atoms with Crippen molar-refractivity contribution in [2.75, 3.05) is 7.11 Å². The highest BCUT2D eigenvalue weighted by atomic mass is 19.4. The number of nitrogens with zero attached hydrogens (tertiary/aromatic N) is 2. The second-order valence-corrected chi connectivity index (χ2v) is 3.65. The molecule has 0 saturated carbocycles. The molecule has 1 aromatic carbocycles. The molecule has 0 aliphatic heterocycles. The van der Waals surface area contributed by atoms with E-state index in [-0.39, 0.29) is 17.0 Å². The first-order chi connectivity index (χ1) is 8.93. The van der Waals surface area contributed by atoms with Crippen LogP contribution in [0.2, 0.25) is 0 Å². The lowest BCUT2D eigenvalue weighted by Crippen LogP contribution is -2.05. The zero-order valence-corrected chi connectivity index (χ0v) is 9.70. The van der Waals surface area contributed by atoms with E-state index in [4.69, 9.17) is 4.74 Å². The van der Waals surface area contributed by atoms with Gasteiger partial charge in [0.1, 0.15) is 5.69 Å². The summed E-state index contributed by atoms with van der Waals surface area (Å²) in [5, 5.41) is 7.00. The third-order valence-corrected chi connectivity index (χ3v) is 2.43. The van der Waals surface area contributed by atoms with Crippen molar-refractivity contribution in [2.45, 2.75) is 6.18 Å². The standard InChI is InChI=1S/C12H8F4N2O/c1-19-11-9(13)6-17-18-10(11)7-3-2-4-8(5-7)12(14,15)16/h2-6H,1H3. The Morgan fingerprint density at radius 3 is 2.58 bits per heavy atom. The monoisotopic (exact) mass is 272 g/mol. The lowest BCUT2D eigenvalue weighted by molar-refractivity contribution is -0.137. The van der Waals surface area contributed by atoms with Gasteiger partial charge in [0.2, 0.25) is 0 Å². The summed E-state index contributed by atoms with van der Waals surface area (Å²) >= 11 is 0. The Labute approximate surface area is 105 Å². The van der Waals surface area contributed by atoms with Crippen LogP contribution in [-0.4, -0.2) is 17.3 Å². The predicted molar refractivity (Wildman–Crippen MR) is 59.0 cm³/mol. The van der Waals surface area contributed by atoms with Gasteiger partial charge in [0.05, 0.1) is 18.9 Å². The number of benzene rings is 1. The maximum atomic E-state index is 13.4. The Hall–Kier alpha value is -2.18. The molecule has 0 fully saturated rings. The third-order valence-electron chi connectivity index (χ3n) is 2.43. The zero-order chi connectivity index (χ0) is 14.0. The molecule has 0 radical (unpaired) electrons. The molecule has 0 atom stereocenters.